The van der Waals surface area contributed by atoms with Gasteiger partial charge in [0, 0.05) is 145 Å². The van der Waals surface area contributed by atoms with Gasteiger partial charge in [-0.1, -0.05) is 57.7 Å². The van der Waals surface area contributed by atoms with Crippen LogP contribution in [-0.2, 0) is 71.7 Å². The molecule has 2 amide bonds. The van der Waals surface area contributed by atoms with E-state index in [0.717, 1.165) is 0 Å². The van der Waals surface area contributed by atoms with E-state index in [1.165, 1.54) is 82.9 Å². The second-order valence-corrected chi connectivity index (χ2v) is 33.9. The smallest absolute Gasteiger partial charge is 0.303 e. The highest BCUT2D eigenvalue weighted by molar-refractivity contribution is 6.34. The predicted octanol–water partition coefficient (Wildman–Crippen LogP) is 1.71. The Morgan fingerprint density at radius 1 is 0.426 bits per heavy atom. The molecule has 0 spiro atoms. The summed E-state index contributed by atoms with van der Waals surface area (Å²) < 4.78 is 51.5. The first kappa shape index (κ1) is 104. The molecule has 0 aromatic heterocycles. The van der Waals surface area contributed by atoms with Crippen molar-refractivity contribution >= 4 is 75.5 Å². The van der Waals surface area contributed by atoms with Crippen molar-refractivity contribution in [2.24, 2.45) is 27.4 Å². The Labute approximate surface area is 776 Å². The van der Waals surface area contributed by atoms with Gasteiger partial charge >= 0.3 is 5.97 Å². The number of aliphatic hydroxyl groups is 9. The van der Waals surface area contributed by atoms with E-state index < -0.39 is 312 Å². The molecule has 6 aromatic carbocycles. The lowest BCUT2D eigenvalue weighted by atomic mass is 9.71. The third-order valence-electron chi connectivity index (χ3n) is 25.4. The van der Waals surface area contributed by atoms with Crippen molar-refractivity contribution in [3.8, 4) is 51.7 Å². The van der Waals surface area contributed by atoms with Crippen molar-refractivity contribution in [1.29, 1.82) is 0 Å². The zero-order valence-electron chi connectivity index (χ0n) is 74.6. The van der Waals surface area contributed by atoms with Gasteiger partial charge in [0.25, 0.3) is 0 Å². The van der Waals surface area contributed by atoms with Gasteiger partial charge in [0.15, 0.2) is 42.0 Å². The highest BCUT2D eigenvalue weighted by atomic mass is 16.7. The molecule has 43 heteroatoms. The van der Waals surface area contributed by atoms with Gasteiger partial charge in [-0.25, -0.2) is 10.9 Å². The van der Waals surface area contributed by atoms with E-state index in [1.54, 1.807) is 20.8 Å². The minimum Gasteiger partial charge on any atom is -0.507 e. The second-order valence-electron chi connectivity index (χ2n) is 33.9. The second kappa shape index (κ2) is 41.9. The molecular formula is C93H111N7O36. The molecule has 6 aromatic rings. The lowest BCUT2D eigenvalue weighted by molar-refractivity contribution is -0.247. The van der Waals surface area contributed by atoms with Crippen LogP contribution < -0.4 is 42.3 Å². The van der Waals surface area contributed by atoms with Crippen LogP contribution in [0, 0.1) is 0 Å². The van der Waals surface area contributed by atoms with E-state index in [2.05, 4.69) is 21.1 Å². The quantitative estimate of drug-likeness (QED) is 0.0246. The molecule has 3 fully saturated rings. The number of aliphatic carboxylic acids is 1. The number of phenolic OH excluding ortho intramolecular Hbond substituents is 6. The highest BCUT2D eigenvalue weighted by Gasteiger charge is 2.55. The van der Waals surface area contributed by atoms with Crippen LogP contribution in [0.3, 0.4) is 0 Å². The van der Waals surface area contributed by atoms with Crippen molar-refractivity contribution < 1.29 is 177 Å². The number of carbonyl (C=O) groups excluding carboxylic acids is 10. The van der Waals surface area contributed by atoms with Gasteiger partial charge < -0.3 is 146 Å². The Kier molecular flexibility index (Phi) is 32.1. The number of amides is 2. The maximum Gasteiger partial charge on any atom is 0.303 e. The number of Topliss-reactive ketones (excluding diaryl/α,β-unsaturated/α-hetero) is 2. The molecule has 734 valence electrons. The van der Waals surface area contributed by atoms with Crippen LogP contribution in [-0.4, -0.2) is 289 Å². The standard InChI is InChI=1S/C32H37N3O12.C31H35N3O13.C27H29NO11.C2H6.CH4/c1-13(37)7-8-21(38)35-34-20(12-36)32(44)10-16-24(19(11-32)47-22-9-17(33)27(39)14(2)46-22)31(43)26-25(29(16)41)28(40)15-5-4-6-18(45-3)23(15)30(26)42;1-12-26(39)15(32)8-21(46-12)47-17-10-31(44,18(11-35)33-34-19(36)6-7-20(37)38)9-14-23(17)30(43)25-24(28(14)41)27(40)13-4-3-5-16(45-2)22(13)29(25)42;1-10-22(31)13(28)6-17(38-10)39-15-8-27(36,16(30)9-29)7-12-19(15)26(35)21-20(24(12)33)23(32)11-4-3-5-14(37-2)18(11)25(21)34;1-2;/h4-6,14,17,19,22,27,36,39,41,43-44H,7-12,33H2,1-3H3,(H,35,38);3-5,12,15,17,21,26,35,39,41,43-44H,6-11,32H2,1-2H3,(H,34,36)(H,37,38);3-5,10,13,15,17,22,29,31,33,35-36H,6-9,28H2,1-2H3;1-2H3;1H4/b34-20+;33-18-;;;/t14?,17?,19?,22?,27?,32-;12?,15?,17?,21?,26?,31-;10?,13?,15?,17?,22?,27-;;/m000../s1. The third kappa shape index (κ3) is 19.6. The first-order valence-corrected chi connectivity index (χ1v) is 43.2. The number of carboxylic acids is 1. The summed E-state index contributed by atoms with van der Waals surface area (Å²) in [5.74, 6) is -12.6. The summed E-state index contributed by atoms with van der Waals surface area (Å²) in [7, 11) is 3.94. The van der Waals surface area contributed by atoms with Gasteiger partial charge in [-0.15, -0.1) is 0 Å². The summed E-state index contributed by atoms with van der Waals surface area (Å²) in [5, 5.41) is 182. The van der Waals surface area contributed by atoms with Gasteiger partial charge in [-0.2, -0.15) is 10.2 Å². The molecule has 0 bridgehead atoms. The summed E-state index contributed by atoms with van der Waals surface area (Å²) in [6.45, 7) is 7.21. The summed E-state index contributed by atoms with van der Waals surface area (Å²) in [6, 6.07) is 10.7. The van der Waals surface area contributed by atoms with Gasteiger partial charge in [0.1, 0.15) is 80.9 Å². The normalized spacial score (nSPS) is 27.3. The zero-order valence-corrected chi connectivity index (χ0v) is 74.6. The molecule has 0 saturated carbocycles. The Bertz CT molecular complexity index is 5560. The molecule has 3 heterocycles. The number of aliphatic hydroxyl groups excluding tert-OH is 6. The van der Waals surface area contributed by atoms with Gasteiger partial charge in [-0.05, 0) is 45.9 Å². The monoisotopic (exact) mass is 1900 g/mol. The Morgan fingerprint density at radius 2 is 0.706 bits per heavy atom. The average Bonchev–Trinajstić information content (AvgIpc) is 0.717. The van der Waals surface area contributed by atoms with Crippen molar-refractivity contribution in [2.45, 2.75) is 241 Å². The largest absolute Gasteiger partial charge is 0.507 e. The first-order valence-electron chi connectivity index (χ1n) is 43.2. The number of nitrogens with zero attached hydrogens (tertiary/aromatic N) is 2. The lowest BCUT2D eigenvalue weighted by Gasteiger charge is -2.43. The molecule has 24 N–H and O–H groups in total. The predicted molar refractivity (Wildman–Crippen MR) is 471 cm³/mol. The number of hydrazone groups is 2. The molecule has 43 nitrogen and oxygen atoms in total. The molecule has 6 aliphatic carbocycles. The fourth-order valence-corrected chi connectivity index (χ4v) is 18.4. The molecule has 18 atom stereocenters. The molecule has 136 heavy (non-hydrogen) atoms. The number of fused-ring (bicyclic) bond motifs is 9. The van der Waals surface area contributed by atoms with E-state index in [9.17, 15) is 129 Å². The Hall–Kier alpha value is -12.1. The molecule has 15 unspecified atom stereocenters. The number of hydrogen-bond donors (Lipinski definition) is 21. The van der Waals surface area contributed by atoms with E-state index in [0.29, 0.717) is 0 Å². The number of nitrogens with one attached hydrogen (secondary N) is 2. The number of phenols is 6. The van der Waals surface area contributed by atoms with Gasteiger partial charge in [0.05, 0.1) is 157 Å². The number of hydrogen-bond acceptors (Lipinski definition) is 40. The van der Waals surface area contributed by atoms with Crippen molar-refractivity contribution in [2.75, 3.05) is 41.2 Å². The molecule has 9 aliphatic rings. The number of aromatic hydroxyl groups is 6. The van der Waals surface area contributed by atoms with E-state index in [-0.39, 0.29) is 135 Å². The van der Waals surface area contributed by atoms with Gasteiger partial charge in [-0.3, -0.25) is 47.9 Å². The fourth-order valence-electron chi connectivity index (χ4n) is 18.4. The Balaban J connectivity index is 0.000000194. The van der Waals surface area contributed by atoms with Crippen LogP contribution in [0.2, 0.25) is 0 Å². The molecule has 0 radical (unpaired) electrons. The van der Waals surface area contributed by atoms with E-state index in [1.807, 2.05) is 13.8 Å². The number of ketones is 8. The number of carbonyl (C=O) groups is 11. The number of benzene rings is 6. The third-order valence-corrected chi connectivity index (χ3v) is 25.4. The van der Waals surface area contributed by atoms with Gasteiger partial charge in [0.2, 0.25) is 29.2 Å². The number of nitrogens with two attached hydrogens (primary N) is 3. The van der Waals surface area contributed by atoms with Crippen LogP contribution in [0.15, 0.2) is 64.8 Å². The lowest BCUT2D eigenvalue weighted by Crippen LogP contribution is -2.53. The SMILES string of the molecule is C.CC.COc1cccc2c1C(=O)c1c(O)c3c(c(O)c1C2=O)C[C@@](O)(/C(CO)=N/NC(=O)CCC(C)=O)CC3OC1CC(N)C(O)C(C)O1.COc1cccc2c1C(=O)c1c(O)c3c(c(O)c1C2=O)C[C@@](O)(/C(CO)=N\NC(=O)CCC(=O)O)CC3OC1CC(N)C(O)C(C)O1.COc1cccc2c1C(=O)c1c(O)c3c(c(O)c1C2=O)C[C@@](O)(C(=O)CO)CC3OC1CC(N)C(O)C(C)O1. The first-order chi connectivity index (χ1) is 63.9. The summed E-state index contributed by atoms with van der Waals surface area (Å²) in [6.07, 6.45) is -17.0. The summed E-state index contributed by atoms with van der Waals surface area (Å²) in [5.41, 5.74) is 10.7. The number of ether oxygens (including phenoxy) is 9. The van der Waals surface area contributed by atoms with Crippen LogP contribution in [0.25, 0.3) is 0 Å². The molecule has 3 saturated heterocycles. The number of carboxylic acid groups (broad SMARTS) is 1. The van der Waals surface area contributed by atoms with E-state index in [4.69, 9.17) is 64.9 Å². The fraction of sp³-hybridized carbons (Fsp3) is 0.473. The minimum atomic E-state index is -2.24. The summed E-state index contributed by atoms with van der Waals surface area (Å²) in [4.78, 5) is 142. The number of methoxy groups -OCH3 is 3. The molecule has 15 rings (SSSR count). The van der Waals surface area contributed by atoms with Crippen molar-refractivity contribution in [1.82, 2.24) is 10.9 Å². The zero-order chi connectivity index (χ0) is 99.1. The minimum absolute atomic E-state index is 0. The van der Waals surface area contributed by atoms with Crippen LogP contribution >= 0.6 is 0 Å². The maximum absolute atomic E-state index is 13.9. The highest BCUT2D eigenvalue weighted by Crippen LogP contribution is 2.58. The molecule has 3 aliphatic heterocycles. The van der Waals surface area contributed by atoms with Crippen molar-refractivity contribution in [3.63, 3.8) is 0 Å². The van der Waals surface area contributed by atoms with Crippen LogP contribution in [0.1, 0.15) is 260 Å². The van der Waals surface area contributed by atoms with Crippen LogP contribution in [0.4, 0.5) is 0 Å². The van der Waals surface area contributed by atoms with Crippen molar-refractivity contribution in [3.05, 3.63) is 155 Å². The van der Waals surface area contributed by atoms with Crippen LogP contribution in [0.5, 0.6) is 51.7 Å². The molecular weight excluding hydrogens is 1790 g/mol. The topological polar surface area (TPSA) is 721 Å². The van der Waals surface area contributed by atoms with E-state index >= 15 is 0 Å². The summed E-state index contributed by atoms with van der Waals surface area (Å²) >= 11 is 0. The average molecular weight is 1900 g/mol. The number of rotatable bonds is 23. The Morgan fingerprint density at radius 3 is 0.971 bits per heavy atom. The maximum atomic E-state index is 13.9.